The molecule has 1 heterocycles. The molecule has 2 aromatic rings. The number of hydrogen-bond acceptors (Lipinski definition) is 5. The predicted molar refractivity (Wildman–Crippen MR) is 71.5 cm³/mol. The van der Waals surface area contributed by atoms with Gasteiger partial charge in [0.25, 0.3) is 0 Å². The van der Waals surface area contributed by atoms with Crippen LogP contribution in [0.2, 0.25) is 0 Å². The molecule has 0 aliphatic carbocycles. The minimum absolute atomic E-state index is 0.0441. The van der Waals surface area contributed by atoms with E-state index in [2.05, 4.69) is 10.4 Å². The van der Waals surface area contributed by atoms with Gasteiger partial charge in [-0.25, -0.2) is 8.42 Å². The van der Waals surface area contributed by atoms with Crippen molar-refractivity contribution in [3.63, 3.8) is 0 Å². The van der Waals surface area contributed by atoms with Crippen LogP contribution < -0.4 is 11.3 Å². The van der Waals surface area contributed by atoms with E-state index in [-0.39, 0.29) is 5.75 Å². The molecule has 1 atom stereocenters. The molecule has 0 radical (unpaired) electrons. The summed E-state index contributed by atoms with van der Waals surface area (Å²) >= 11 is 0. The molecule has 18 heavy (non-hydrogen) atoms. The number of fused-ring (bicyclic) bond motifs is 1. The number of pyridine rings is 1. The fourth-order valence-electron chi connectivity index (χ4n) is 1.97. The Hall–Kier alpha value is -1.50. The van der Waals surface area contributed by atoms with E-state index in [4.69, 9.17) is 5.84 Å². The second-order valence-corrected chi connectivity index (χ2v) is 6.44. The molecule has 96 valence electrons. The third-order valence-electron chi connectivity index (χ3n) is 2.76. The molecule has 2 rings (SSSR count). The fourth-order valence-corrected chi connectivity index (χ4v) is 2.85. The second kappa shape index (κ2) is 5.01. The lowest BCUT2D eigenvalue weighted by atomic mass is 10.0. The molecule has 0 aliphatic heterocycles. The van der Waals surface area contributed by atoms with E-state index in [1.165, 1.54) is 6.26 Å². The van der Waals surface area contributed by atoms with Crippen molar-refractivity contribution in [1.29, 1.82) is 0 Å². The van der Waals surface area contributed by atoms with E-state index in [9.17, 15) is 8.42 Å². The summed E-state index contributed by atoms with van der Waals surface area (Å²) in [6.07, 6.45) is 4.62. The number of rotatable bonds is 4. The van der Waals surface area contributed by atoms with Crippen molar-refractivity contribution < 1.29 is 8.42 Å². The summed E-state index contributed by atoms with van der Waals surface area (Å²) < 4.78 is 22.8. The number of sulfone groups is 1. The molecule has 1 aromatic carbocycles. The van der Waals surface area contributed by atoms with Gasteiger partial charge in [0.15, 0.2) is 0 Å². The maximum atomic E-state index is 11.4. The average molecular weight is 265 g/mol. The van der Waals surface area contributed by atoms with Crippen LogP contribution in [0.4, 0.5) is 0 Å². The number of nitrogens with zero attached hydrogens (tertiary/aromatic N) is 1. The Bertz CT molecular complexity index is 650. The van der Waals surface area contributed by atoms with Gasteiger partial charge in [-0.1, -0.05) is 18.2 Å². The molecule has 3 N–H and O–H groups in total. The molecule has 0 amide bonds. The highest BCUT2D eigenvalue weighted by molar-refractivity contribution is 7.90. The van der Waals surface area contributed by atoms with E-state index in [0.717, 1.165) is 16.3 Å². The minimum atomic E-state index is -3.12. The molecule has 1 aromatic heterocycles. The molecule has 5 nitrogen and oxygen atoms in total. The summed E-state index contributed by atoms with van der Waals surface area (Å²) in [5.74, 6) is 5.42. The molecular weight excluding hydrogens is 250 g/mol. The zero-order valence-corrected chi connectivity index (χ0v) is 10.8. The molecule has 0 saturated carbocycles. The maximum absolute atomic E-state index is 11.4. The average Bonchev–Trinajstić information content (AvgIpc) is 2.34. The minimum Gasteiger partial charge on any atom is -0.271 e. The van der Waals surface area contributed by atoms with Crippen LogP contribution >= 0.6 is 0 Å². The molecule has 0 aliphatic rings. The van der Waals surface area contributed by atoms with Crippen molar-refractivity contribution in [3.05, 3.63) is 42.2 Å². The van der Waals surface area contributed by atoms with Gasteiger partial charge in [-0.2, -0.15) is 0 Å². The number of nitrogens with two attached hydrogens (primary N) is 1. The first-order valence-corrected chi connectivity index (χ1v) is 7.54. The van der Waals surface area contributed by atoms with E-state index in [0.29, 0.717) is 0 Å². The van der Waals surface area contributed by atoms with Crippen molar-refractivity contribution >= 4 is 20.6 Å². The van der Waals surface area contributed by atoms with Gasteiger partial charge in [0.05, 0.1) is 11.8 Å². The smallest absolute Gasteiger partial charge is 0.149 e. The summed E-state index contributed by atoms with van der Waals surface area (Å²) in [6, 6.07) is 7.14. The van der Waals surface area contributed by atoms with Crippen molar-refractivity contribution in [2.75, 3.05) is 12.0 Å². The van der Waals surface area contributed by atoms with Crippen LogP contribution in [0.3, 0.4) is 0 Å². The molecule has 6 heteroatoms. The van der Waals surface area contributed by atoms with Crippen LogP contribution in [-0.2, 0) is 9.84 Å². The van der Waals surface area contributed by atoms with Crippen molar-refractivity contribution in [1.82, 2.24) is 10.4 Å². The van der Waals surface area contributed by atoms with Gasteiger partial charge in [-0.3, -0.25) is 16.3 Å². The highest BCUT2D eigenvalue weighted by Gasteiger charge is 2.18. The van der Waals surface area contributed by atoms with Gasteiger partial charge in [0.2, 0.25) is 0 Å². The lowest BCUT2D eigenvalue weighted by molar-refractivity contribution is 0.566. The summed E-state index contributed by atoms with van der Waals surface area (Å²) in [7, 11) is -3.12. The number of benzene rings is 1. The zero-order chi connectivity index (χ0) is 13.2. The lowest BCUT2D eigenvalue weighted by Gasteiger charge is -2.17. The van der Waals surface area contributed by atoms with Crippen LogP contribution in [0, 0.1) is 0 Å². The molecular formula is C12H15N3O2S. The summed E-state index contributed by atoms with van der Waals surface area (Å²) in [5.41, 5.74) is 3.40. The molecule has 0 saturated heterocycles. The van der Waals surface area contributed by atoms with Gasteiger partial charge in [0, 0.05) is 24.0 Å². The fraction of sp³-hybridized carbons (Fsp3) is 0.250. The van der Waals surface area contributed by atoms with E-state index < -0.39 is 15.9 Å². The van der Waals surface area contributed by atoms with Crippen LogP contribution in [0.5, 0.6) is 0 Å². The Kier molecular flexibility index (Phi) is 3.60. The normalized spacial score (nSPS) is 13.7. The quantitative estimate of drug-likeness (QED) is 0.630. The Morgan fingerprint density at radius 3 is 2.83 bits per heavy atom. The second-order valence-electron chi connectivity index (χ2n) is 4.26. The Morgan fingerprint density at radius 1 is 1.39 bits per heavy atom. The number of hydrazine groups is 1. The first-order valence-electron chi connectivity index (χ1n) is 5.48. The number of nitrogens with one attached hydrogen (secondary N) is 1. The third kappa shape index (κ3) is 2.84. The largest absolute Gasteiger partial charge is 0.271 e. The summed E-state index contributed by atoms with van der Waals surface area (Å²) in [6.45, 7) is 0. The first kappa shape index (κ1) is 12.9. The van der Waals surface area contributed by atoms with Gasteiger partial charge in [0.1, 0.15) is 9.84 Å². The van der Waals surface area contributed by atoms with Crippen molar-refractivity contribution in [2.24, 2.45) is 5.84 Å². The highest BCUT2D eigenvalue weighted by Crippen LogP contribution is 2.23. The van der Waals surface area contributed by atoms with E-state index >= 15 is 0 Å². The van der Waals surface area contributed by atoms with E-state index in [1.807, 2.05) is 24.3 Å². The topological polar surface area (TPSA) is 85.1 Å². The van der Waals surface area contributed by atoms with Crippen molar-refractivity contribution in [2.45, 2.75) is 6.04 Å². The molecule has 0 spiro atoms. The standard InChI is InChI=1S/C12H15N3O2S/c1-18(16,17)8-12(15-13)10-4-2-3-9-5-6-14-7-11(9)10/h2-7,12,15H,8,13H2,1H3. The first-order chi connectivity index (χ1) is 8.51. The number of aromatic nitrogens is 1. The predicted octanol–water partition coefficient (Wildman–Crippen LogP) is 0.784. The summed E-state index contributed by atoms with van der Waals surface area (Å²) in [4.78, 5) is 4.07. The Morgan fingerprint density at radius 2 is 2.17 bits per heavy atom. The van der Waals surface area contributed by atoms with Crippen molar-refractivity contribution in [3.8, 4) is 0 Å². The number of hydrogen-bond donors (Lipinski definition) is 2. The Labute approximate surface area is 106 Å². The molecule has 1 unspecified atom stereocenters. The van der Waals surface area contributed by atoms with Gasteiger partial charge < -0.3 is 0 Å². The van der Waals surface area contributed by atoms with Crippen LogP contribution in [-0.4, -0.2) is 25.4 Å². The van der Waals surface area contributed by atoms with E-state index in [1.54, 1.807) is 12.4 Å². The monoisotopic (exact) mass is 265 g/mol. The molecule has 0 bridgehead atoms. The van der Waals surface area contributed by atoms with Gasteiger partial charge >= 0.3 is 0 Å². The van der Waals surface area contributed by atoms with Crippen LogP contribution in [0.25, 0.3) is 10.8 Å². The van der Waals surface area contributed by atoms with Crippen LogP contribution in [0.1, 0.15) is 11.6 Å². The highest BCUT2D eigenvalue weighted by atomic mass is 32.2. The SMILES string of the molecule is CS(=O)(=O)CC(NN)c1cccc2ccncc12. The maximum Gasteiger partial charge on any atom is 0.149 e. The lowest BCUT2D eigenvalue weighted by Crippen LogP contribution is -2.33. The Balaban J connectivity index is 2.51. The van der Waals surface area contributed by atoms with Gasteiger partial charge in [-0.15, -0.1) is 0 Å². The van der Waals surface area contributed by atoms with Gasteiger partial charge in [-0.05, 0) is 17.0 Å². The van der Waals surface area contributed by atoms with Crippen LogP contribution in [0.15, 0.2) is 36.7 Å². The molecule has 0 fully saturated rings. The third-order valence-corrected chi connectivity index (χ3v) is 3.70. The summed E-state index contributed by atoms with van der Waals surface area (Å²) in [5, 5.41) is 1.92. The zero-order valence-electron chi connectivity index (χ0n) is 10.00.